The molecular weight excluding hydrogens is 203 g/mol. The zero-order chi connectivity index (χ0) is 11.8. The number of benzene rings is 1. The van der Waals surface area contributed by atoms with Crippen molar-refractivity contribution in [1.29, 1.82) is 0 Å². The van der Waals surface area contributed by atoms with Crippen molar-refractivity contribution >= 4 is 5.69 Å². The van der Waals surface area contributed by atoms with Crippen LogP contribution in [0.1, 0.15) is 19.4 Å². The average molecular weight is 222 g/mol. The molecular formula is C13H19FN2. The van der Waals surface area contributed by atoms with Gasteiger partial charge in [0.05, 0.1) is 0 Å². The summed E-state index contributed by atoms with van der Waals surface area (Å²) in [6, 6.07) is 5.48. The van der Waals surface area contributed by atoms with Gasteiger partial charge in [-0.25, -0.2) is 4.39 Å². The summed E-state index contributed by atoms with van der Waals surface area (Å²) in [7, 11) is 0. The summed E-state index contributed by atoms with van der Waals surface area (Å²) >= 11 is 0. The van der Waals surface area contributed by atoms with Gasteiger partial charge in [-0.2, -0.15) is 0 Å². The van der Waals surface area contributed by atoms with Gasteiger partial charge in [0, 0.05) is 30.9 Å². The standard InChI is InChI=1S/C13H19FN2/c1-10-4-5-11(8-12(10)14)16-7-6-15-13(2,3)9-16/h4-5,8,15H,6-7,9H2,1-3H3. The van der Waals surface area contributed by atoms with E-state index in [0.29, 0.717) is 5.56 Å². The number of rotatable bonds is 1. The number of halogens is 1. The highest BCUT2D eigenvalue weighted by Gasteiger charge is 2.25. The third-order valence-corrected chi connectivity index (χ3v) is 3.09. The first-order chi connectivity index (χ1) is 7.48. The molecule has 0 bridgehead atoms. The first-order valence-corrected chi connectivity index (χ1v) is 5.74. The largest absolute Gasteiger partial charge is 0.368 e. The van der Waals surface area contributed by atoms with Crippen LogP contribution in [0, 0.1) is 12.7 Å². The van der Waals surface area contributed by atoms with E-state index in [2.05, 4.69) is 24.1 Å². The van der Waals surface area contributed by atoms with Gasteiger partial charge in [-0.05, 0) is 38.5 Å². The predicted molar refractivity (Wildman–Crippen MR) is 65.4 cm³/mol. The summed E-state index contributed by atoms with van der Waals surface area (Å²) in [4.78, 5) is 2.24. The zero-order valence-electron chi connectivity index (χ0n) is 10.2. The fourth-order valence-corrected chi connectivity index (χ4v) is 2.14. The number of nitrogens with one attached hydrogen (secondary N) is 1. The van der Waals surface area contributed by atoms with E-state index >= 15 is 0 Å². The second-order valence-corrected chi connectivity index (χ2v) is 5.17. The lowest BCUT2D eigenvalue weighted by molar-refractivity contribution is 0.353. The van der Waals surface area contributed by atoms with Crippen LogP contribution in [0.25, 0.3) is 0 Å². The van der Waals surface area contributed by atoms with E-state index in [0.717, 1.165) is 25.3 Å². The van der Waals surface area contributed by atoms with Crippen molar-refractivity contribution in [2.24, 2.45) is 0 Å². The van der Waals surface area contributed by atoms with E-state index in [1.165, 1.54) is 0 Å². The van der Waals surface area contributed by atoms with Gasteiger partial charge in [-0.15, -0.1) is 0 Å². The van der Waals surface area contributed by atoms with E-state index in [9.17, 15) is 4.39 Å². The molecule has 1 fully saturated rings. The first-order valence-electron chi connectivity index (χ1n) is 5.74. The SMILES string of the molecule is Cc1ccc(N2CCNC(C)(C)C2)cc1F. The molecule has 0 unspecified atom stereocenters. The normalized spacial score (nSPS) is 19.9. The van der Waals surface area contributed by atoms with Crippen LogP contribution in [0.3, 0.4) is 0 Å². The Bertz CT molecular complexity index is 388. The monoisotopic (exact) mass is 222 g/mol. The van der Waals surface area contributed by atoms with Crippen LogP contribution < -0.4 is 10.2 Å². The molecule has 0 saturated carbocycles. The van der Waals surface area contributed by atoms with E-state index in [1.807, 2.05) is 12.1 Å². The lowest BCUT2D eigenvalue weighted by Crippen LogP contribution is -2.57. The van der Waals surface area contributed by atoms with Crippen molar-refractivity contribution < 1.29 is 4.39 Å². The maximum absolute atomic E-state index is 13.5. The first kappa shape index (κ1) is 11.4. The molecule has 0 atom stereocenters. The van der Waals surface area contributed by atoms with E-state index in [1.54, 1.807) is 13.0 Å². The highest BCUT2D eigenvalue weighted by atomic mass is 19.1. The second kappa shape index (κ2) is 4.06. The van der Waals surface area contributed by atoms with E-state index in [4.69, 9.17) is 0 Å². The Labute approximate surface area is 96.5 Å². The molecule has 0 radical (unpaired) electrons. The van der Waals surface area contributed by atoms with Gasteiger partial charge in [-0.1, -0.05) is 6.07 Å². The van der Waals surface area contributed by atoms with Gasteiger partial charge in [0.2, 0.25) is 0 Å². The fraction of sp³-hybridized carbons (Fsp3) is 0.538. The topological polar surface area (TPSA) is 15.3 Å². The molecule has 0 aromatic heterocycles. The minimum atomic E-state index is -0.117. The number of hydrogen-bond donors (Lipinski definition) is 1. The Balaban J connectivity index is 2.20. The van der Waals surface area contributed by atoms with E-state index < -0.39 is 0 Å². The van der Waals surface area contributed by atoms with Crippen LogP contribution in [0.5, 0.6) is 0 Å². The number of piperazine rings is 1. The number of nitrogens with zero attached hydrogens (tertiary/aromatic N) is 1. The third kappa shape index (κ3) is 2.35. The fourth-order valence-electron chi connectivity index (χ4n) is 2.14. The maximum atomic E-state index is 13.5. The molecule has 1 aliphatic rings. The molecule has 1 aromatic rings. The molecule has 1 aromatic carbocycles. The smallest absolute Gasteiger partial charge is 0.128 e. The van der Waals surface area contributed by atoms with Crippen LogP contribution in [0.2, 0.25) is 0 Å². The summed E-state index contributed by atoms with van der Waals surface area (Å²) in [5, 5.41) is 3.45. The van der Waals surface area contributed by atoms with Gasteiger partial charge in [0.15, 0.2) is 0 Å². The quantitative estimate of drug-likeness (QED) is 0.784. The van der Waals surface area contributed by atoms with Gasteiger partial charge in [0.1, 0.15) is 5.82 Å². The highest BCUT2D eigenvalue weighted by molar-refractivity contribution is 5.49. The summed E-state index contributed by atoms with van der Waals surface area (Å²) < 4.78 is 13.5. The zero-order valence-corrected chi connectivity index (χ0v) is 10.2. The van der Waals surface area contributed by atoms with E-state index in [-0.39, 0.29) is 11.4 Å². The Morgan fingerprint density at radius 3 is 2.75 bits per heavy atom. The van der Waals surface area contributed by atoms with Gasteiger partial charge in [0.25, 0.3) is 0 Å². The average Bonchev–Trinajstić information content (AvgIpc) is 2.20. The Kier molecular flexibility index (Phi) is 2.89. The lowest BCUT2D eigenvalue weighted by Gasteiger charge is -2.40. The molecule has 16 heavy (non-hydrogen) atoms. The Morgan fingerprint density at radius 1 is 1.38 bits per heavy atom. The molecule has 0 amide bonds. The number of anilines is 1. The van der Waals surface area contributed by atoms with Crippen molar-refractivity contribution in [2.75, 3.05) is 24.5 Å². The molecule has 2 nitrogen and oxygen atoms in total. The molecule has 2 rings (SSSR count). The van der Waals surface area contributed by atoms with Gasteiger partial charge in [-0.3, -0.25) is 0 Å². The highest BCUT2D eigenvalue weighted by Crippen LogP contribution is 2.21. The van der Waals surface area contributed by atoms with Crippen molar-refractivity contribution in [3.8, 4) is 0 Å². The van der Waals surface area contributed by atoms with Crippen LogP contribution in [-0.2, 0) is 0 Å². The molecule has 0 spiro atoms. The van der Waals surface area contributed by atoms with Gasteiger partial charge >= 0.3 is 0 Å². The van der Waals surface area contributed by atoms with Crippen LogP contribution in [0.15, 0.2) is 18.2 Å². The Morgan fingerprint density at radius 2 is 2.12 bits per heavy atom. The summed E-state index contributed by atoms with van der Waals surface area (Å²) in [6.45, 7) is 8.93. The molecule has 0 aliphatic carbocycles. The molecule has 1 aliphatic heterocycles. The Hall–Kier alpha value is -1.09. The molecule has 1 heterocycles. The summed E-state index contributed by atoms with van der Waals surface area (Å²) in [5.41, 5.74) is 1.79. The number of aryl methyl sites for hydroxylation is 1. The van der Waals surface area contributed by atoms with Crippen LogP contribution in [0.4, 0.5) is 10.1 Å². The minimum absolute atomic E-state index is 0.0968. The van der Waals surface area contributed by atoms with Gasteiger partial charge < -0.3 is 10.2 Å². The predicted octanol–water partition coefficient (Wildman–Crippen LogP) is 2.32. The van der Waals surface area contributed by atoms with Crippen molar-refractivity contribution in [2.45, 2.75) is 26.3 Å². The summed E-state index contributed by atoms with van der Waals surface area (Å²) in [5.74, 6) is -0.117. The molecule has 1 N–H and O–H groups in total. The van der Waals surface area contributed by atoms with Crippen molar-refractivity contribution in [3.63, 3.8) is 0 Å². The van der Waals surface area contributed by atoms with Crippen molar-refractivity contribution in [3.05, 3.63) is 29.6 Å². The van der Waals surface area contributed by atoms with Crippen LogP contribution in [-0.4, -0.2) is 25.2 Å². The second-order valence-electron chi connectivity index (χ2n) is 5.17. The number of hydrogen-bond acceptors (Lipinski definition) is 2. The molecule has 88 valence electrons. The van der Waals surface area contributed by atoms with Crippen molar-refractivity contribution in [1.82, 2.24) is 5.32 Å². The lowest BCUT2D eigenvalue weighted by atomic mass is 10.0. The van der Waals surface area contributed by atoms with Crippen LogP contribution >= 0.6 is 0 Å². The maximum Gasteiger partial charge on any atom is 0.128 e. The molecule has 3 heteroatoms. The third-order valence-electron chi connectivity index (χ3n) is 3.09. The molecule has 1 saturated heterocycles. The minimum Gasteiger partial charge on any atom is -0.368 e. The summed E-state index contributed by atoms with van der Waals surface area (Å²) in [6.07, 6.45) is 0.